The molecule has 0 aliphatic carbocycles. The van der Waals surface area contributed by atoms with Gasteiger partial charge in [0.05, 0.1) is 41.7 Å². The number of methoxy groups -OCH3 is 1. The van der Waals surface area contributed by atoms with Crippen molar-refractivity contribution >= 4 is 40.4 Å². The van der Waals surface area contributed by atoms with Gasteiger partial charge >= 0.3 is 12.2 Å². The van der Waals surface area contributed by atoms with E-state index < -0.39 is 29.7 Å². The summed E-state index contributed by atoms with van der Waals surface area (Å²) >= 11 is 0. The largest absolute Gasteiger partial charge is 0.453 e. The summed E-state index contributed by atoms with van der Waals surface area (Å²) in [6.45, 7) is 7.19. The molecule has 1 aliphatic heterocycles. The zero-order valence-electron chi connectivity index (χ0n) is 21.5. The van der Waals surface area contributed by atoms with E-state index >= 15 is 0 Å². The normalized spacial score (nSPS) is 18.5. The SMILES string of the molecule is COC(=O)Nc1ccc2c(c1)NC(=O)[C@H](C)/C=C/C[C@H](NC(=O)OC(C)(C)C)c1nn-2c2ccccc12. The van der Waals surface area contributed by atoms with Crippen LogP contribution in [-0.4, -0.2) is 40.6 Å². The number of alkyl carbamates (subject to hydrolysis) is 1. The molecule has 194 valence electrons. The van der Waals surface area contributed by atoms with Crippen molar-refractivity contribution in [3.8, 4) is 5.69 Å². The fourth-order valence-electron chi connectivity index (χ4n) is 4.04. The van der Waals surface area contributed by atoms with Gasteiger partial charge in [0.2, 0.25) is 5.91 Å². The first-order valence-electron chi connectivity index (χ1n) is 12.0. The standard InChI is InChI=1S/C27H31N5O5/c1-16-9-8-11-19(30-26(35)37-27(2,3)4)23-18-10-6-7-12-21(18)32(31-23)22-14-13-17(28-25(34)36-5)15-20(22)29-24(16)33/h6-10,12-16,19H,11H2,1-5H3,(H,28,34)(H,29,33)(H,30,35)/b9-8+/t16-,19+/m1/s1. The number of anilines is 2. The molecule has 0 radical (unpaired) electrons. The maximum atomic E-state index is 13.0. The lowest BCUT2D eigenvalue weighted by atomic mass is 10.0. The molecule has 4 rings (SSSR count). The Bertz CT molecular complexity index is 1370. The molecule has 1 aliphatic rings. The molecule has 2 bridgehead atoms. The van der Waals surface area contributed by atoms with Gasteiger partial charge in [-0.25, -0.2) is 14.3 Å². The molecule has 1 aromatic heterocycles. The molecule has 0 spiro atoms. The second kappa shape index (κ2) is 10.3. The number of nitrogens with zero attached hydrogens (tertiary/aromatic N) is 2. The van der Waals surface area contributed by atoms with E-state index in [2.05, 4.69) is 16.0 Å². The third kappa shape index (κ3) is 5.91. The molecule has 37 heavy (non-hydrogen) atoms. The average Bonchev–Trinajstić information content (AvgIpc) is 3.21. The third-order valence-electron chi connectivity index (χ3n) is 5.76. The highest BCUT2D eigenvalue weighted by molar-refractivity contribution is 5.97. The number of rotatable bonds is 2. The Labute approximate surface area is 215 Å². The van der Waals surface area contributed by atoms with Crippen molar-refractivity contribution in [3.63, 3.8) is 0 Å². The number of aromatic nitrogens is 2. The summed E-state index contributed by atoms with van der Waals surface area (Å²) in [6, 6.07) is 12.3. The first-order chi connectivity index (χ1) is 17.6. The minimum absolute atomic E-state index is 0.235. The average molecular weight is 506 g/mol. The molecule has 0 fully saturated rings. The van der Waals surface area contributed by atoms with Crippen LogP contribution in [0.2, 0.25) is 0 Å². The van der Waals surface area contributed by atoms with Gasteiger partial charge in [0.25, 0.3) is 0 Å². The number of ether oxygens (including phenoxy) is 2. The van der Waals surface area contributed by atoms with Gasteiger partial charge in [0, 0.05) is 11.1 Å². The maximum Gasteiger partial charge on any atom is 0.411 e. The van der Waals surface area contributed by atoms with E-state index in [-0.39, 0.29) is 5.91 Å². The van der Waals surface area contributed by atoms with Gasteiger partial charge < -0.3 is 20.1 Å². The summed E-state index contributed by atoms with van der Waals surface area (Å²) < 4.78 is 11.9. The number of carbonyl (C=O) groups excluding carboxylic acids is 3. The van der Waals surface area contributed by atoms with Gasteiger partial charge in [-0.3, -0.25) is 10.1 Å². The Hall–Kier alpha value is -4.34. The summed E-state index contributed by atoms with van der Waals surface area (Å²) in [6.07, 6.45) is 2.88. The number of amides is 3. The van der Waals surface area contributed by atoms with Crippen LogP contribution < -0.4 is 16.0 Å². The Morgan fingerprint density at radius 3 is 2.62 bits per heavy atom. The Balaban J connectivity index is 1.87. The van der Waals surface area contributed by atoms with E-state index in [4.69, 9.17) is 14.6 Å². The quantitative estimate of drug-likeness (QED) is 0.406. The lowest BCUT2D eigenvalue weighted by Crippen LogP contribution is -2.35. The number of hydrogen-bond donors (Lipinski definition) is 3. The lowest BCUT2D eigenvalue weighted by Gasteiger charge is -2.23. The van der Waals surface area contributed by atoms with Crippen LogP contribution >= 0.6 is 0 Å². The molecule has 2 aromatic carbocycles. The first-order valence-corrected chi connectivity index (χ1v) is 12.0. The highest BCUT2D eigenvalue weighted by atomic mass is 16.6. The van der Waals surface area contributed by atoms with E-state index in [9.17, 15) is 14.4 Å². The monoisotopic (exact) mass is 505 g/mol. The van der Waals surface area contributed by atoms with Crippen LogP contribution in [0.4, 0.5) is 21.0 Å². The topological polar surface area (TPSA) is 124 Å². The van der Waals surface area contributed by atoms with Crippen molar-refractivity contribution < 1.29 is 23.9 Å². The van der Waals surface area contributed by atoms with Gasteiger partial charge in [-0.15, -0.1) is 0 Å². The van der Waals surface area contributed by atoms with Gasteiger partial charge in [-0.1, -0.05) is 37.3 Å². The number of carbonyl (C=O) groups is 3. The third-order valence-corrected chi connectivity index (χ3v) is 5.76. The highest BCUT2D eigenvalue weighted by Crippen LogP contribution is 2.33. The molecule has 0 unspecified atom stereocenters. The molecule has 2 heterocycles. The highest BCUT2D eigenvalue weighted by Gasteiger charge is 2.26. The predicted octanol–water partition coefficient (Wildman–Crippen LogP) is 5.30. The zero-order chi connectivity index (χ0) is 26.7. The van der Waals surface area contributed by atoms with Crippen molar-refractivity contribution in [1.29, 1.82) is 0 Å². The summed E-state index contributed by atoms with van der Waals surface area (Å²) in [5, 5.41) is 14.3. The number of hydrogen-bond acceptors (Lipinski definition) is 6. The molecule has 2 atom stereocenters. The van der Waals surface area contributed by atoms with Crippen LogP contribution in [0, 0.1) is 5.92 Å². The van der Waals surface area contributed by atoms with E-state index in [1.54, 1.807) is 56.7 Å². The molecule has 0 saturated heterocycles. The predicted molar refractivity (Wildman–Crippen MR) is 141 cm³/mol. The number of benzene rings is 2. The summed E-state index contributed by atoms with van der Waals surface area (Å²) in [5.74, 6) is -0.690. The molecular formula is C27H31N5O5. The number of nitrogens with one attached hydrogen (secondary N) is 3. The summed E-state index contributed by atoms with van der Waals surface area (Å²) in [4.78, 5) is 37.5. The molecule has 3 amide bonds. The molecular weight excluding hydrogens is 474 g/mol. The van der Waals surface area contributed by atoms with Crippen molar-refractivity contribution in [2.45, 2.75) is 45.8 Å². The Kier molecular flexibility index (Phi) is 7.19. The van der Waals surface area contributed by atoms with Gasteiger partial charge in [0.15, 0.2) is 0 Å². The van der Waals surface area contributed by atoms with Crippen LogP contribution in [0.15, 0.2) is 54.6 Å². The van der Waals surface area contributed by atoms with Crippen LogP contribution in [0.25, 0.3) is 16.6 Å². The van der Waals surface area contributed by atoms with Gasteiger partial charge in [0.1, 0.15) is 5.60 Å². The van der Waals surface area contributed by atoms with E-state index in [1.807, 2.05) is 30.3 Å². The van der Waals surface area contributed by atoms with Gasteiger partial charge in [-0.2, -0.15) is 5.10 Å². The lowest BCUT2D eigenvalue weighted by molar-refractivity contribution is -0.118. The Morgan fingerprint density at radius 1 is 1.14 bits per heavy atom. The minimum atomic E-state index is -0.659. The zero-order valence-corrected chi connectivity index (χ0v) is 21.5. The summed E-state index contributed by atoms with van der Waals surface area (Å²) in [7, 11) is 1.28. The second-order valence-corrected chi connectivity index (χ2v) is 9.80. The van der Waals surface area contributed by atoms with Crippen LogP contribution in [0.5, 0.6) is 0 Å². The van der Waals surface area contributed by atoms with Crippen molar-refractivity contribution in [3.05, 3.63) is 60.3 Å². The fraction of sp³-hybridized carbons (Fsp3) is 0.333. The minimum Gasteiger partial charge on any atom is -0.453 e. The molecule has 10 nitrogen and oxygen atoms in total. The van der Waals surface area contributed by atoms with E-state index in [0.29, 0.717) is 29.2 Å². The smallest absolute Gasteiger partial charge is 0.411 e. The molecule has 0 saturated carbocycles. The Morgan fingerprint density at radius 2 is 1.89 bits per heavy atom. The molecule has 3 aromatic rings. The van der Waals surface area contributed by atoms with E-state index in [1.165, 1.54) is 7.11 Å². The molecule has 10 heteroatoms. The number of fused-ring (bicyclic) bond motifs is 7. The second-order valence-electron chi connectivity index (χ2n) is 9.80. The van der Waals surface area contributed by atoms with Crippen molar-refractivity contribution in [2.24, 2.45) is 5.92 Å². The van der Waals surface area contributed by atoms with Crippen LogP contribution in [0.1, 0.15) is 45.9 Å². The maximum absolute atomic E-state index is 13.0. The van der Waals surface area contributed by atoms with Crippen LogP contribution in [0.3, 0.4) is 0 Å². The fourth-order valence-corrected chi connectivity index (χ4v) is 4.04. The van der Waals surface area contributed by atoms with E-state index in [0.717, 1.165) is 10.9 Å². The van der Waals surface area contributed by atoms with Crippen molar-refractivity contribution in [2.75, 3.05) is 17.7 Å². The first kappa shape index (κ1) is 25.7. The van der Waals surface area contributed by atoms with Crippen LogP contribution in [-0.2, 0) is 14.3 Å². The number of para-hydroxylation sites is 1. The van der Waals surface area contributed by atoms with Crippen molar-refractivity contribution in [1.82, 2.24) is 15.1 Å². The summed E-state index contributed by atoms with van der Waals surface area (Å²) in [5.41, 5.74) is 2.29. The van der Waals surface area contributed by atoms with Gasteiger partial charge in [-0.05, 0) is 51.5 Å². The molecule has 3 N–H and O–H groups in total.